The van der Waals surface area contributed by atoms with Gasteiger partial charge in [0.15, 0.2) is 0 Å². The first kappa shape index (κ1) is 20.2. The lowest BCUT2D eigenvalue weighted by Gasteiger charge is -2.36. The molecule has 0 saturated carbocycles. The molecule has 6 nitrogen and oxygen atoms in total. The van der Waals surface area contributed by atoms with Crippen molar-refractivity contribution in [3.05, 3.63) is 65.7 Å². The molecule has 1 amide bonds. The average molecular weight is 407 g/mol. The molecule has 1 aromatic heterocycles. The molecule has 0 unspecified atom stereocenters. The lowest BCUT2D eigenvalue weighted by Crippen LogP contribution is -2.47. The van der Waals surface area contributed by atoms with Crippen LogP contribution < -0.4 is 10.2 Å². The number of hydrogen-bond donors (Lipinski definition) is 1. The molecule has 1 fully saturated rings. The number of aromatic nitrogens is 2. The first-order valence-electron chi connectivity index (χ1n) is 10.3. The fourth-order valence-electron chi connectivity index (χ4n) is 3.87. The number of amides is 1. The summed E-state index contributed by atoms with van der Waals surface area (Å²) in [6.45, 7) is 7.60. The number of nitrogens with zero attached hydrogens (tertiary/aromatic N) is 4. The van der Waals surface area contributed by atoms with Crippen LogP contribution in [0.5, 0.6) is 0 Å². The van der Waals surface area contributed by atoms with E-state index in [1.54, 1.807) is 0 Å². The predicted molar refractivity (Wildman–Crippen MR) is 116 cm³/mol. The average Bonchev–Trinajstić information content (AvgIpc) is 2.76. The van der Waals surface area contributed by atoms with Gasteiger partial charge in [-0.3, -0.25) is 19.7 Å². The van der Waals surface area contributed by atoms with Gasteiger partial charge < -0.3 is 10.2 Å². The summed E-state index contributed by atoms with van der Waals surface area (Å²) in [5, 5.41) is 2.89. The molecule has 156 valence electrons. The lowest BCUT2D eigenvalue weighted by molar-refractivity contribution is 0.0952. The summed E-state index contributed by atoms with van der Waals surface area (Å²) >= 11 is 0. The van der Waals surface area contributed by atoms with Crippen LogP contribution in [0.2, 0.25) is 0 Å². The first-order chi connectivity index (χ1) is 14.6. The van der Waals surface area contributed by atoms with E-state index in [1.807, 2.05) is 0 Å². The van der Waals surface area contributed by atoms with Crippen molar-refractivity contribution in [2.45, 2.75) is 13.3 Å². The van der Waals surface area contributed by atoms with Gasteiger partial charge in [0.2, 0.25) is 0 Å². The van der Waals surface area contributed by atoms with E-state index >= 15 is 0 Å². The number of rotatable bonds is 6. The van der Waals surface area contributed by atoms with E-state index in [-0.39, 0.29) is 11.5 Å². The van der Waals surface area contributed by atoms with Gasteiger partial charge in [0.05, 0.1) is 11.1 Å². The molecule has 1 saturated heterocycles. The van der Waals surface area contributed by atoms with Gasteiger partial charge in [-0.05, 0) is 43.7 Å². The molecule has 7 heteroatoms. The number of hydrogen-bond acceptors (Lipinski definition) is 5. The van der Waals surface area contributed by atoms with Gasteiger partial charge >= 0.3 is 0 Å². The minimum Gasteiger partial charge on any atom is -0.369 e. The van der Waals surface area contributed by atoms with Crippen molar-refractivity contribution >= 4 is 22.6 Å². The van der Waals surface area contributed by atoms with Gasteiger partial charge in [-0.1, -0.05) is 12.1 Å². The number of benzene rings is 2. The van der Waals surface area contributed by atoms with Crippen LogP contribution in [-0.4, -0.2) is 60.0 Å². The summed E-state index contributed by atoms with van der Waals surface area (Å²) in [6.07, 6.45) is 3.84. The molecular formula is C23H26FN5O. The Balaban J connectivity index is 1.24. The molecule has 4 rings (SSSR count). The molecule has 0 aliphatic carbocycles. The minimum absolute atomic E-state index is 0.227. The van der Waals surface area contributed by atoms with Crippen LogP contribution in [0.1, 0.15) is 22.3 Å². The second kappa shape index (κ2) is 9.17. The quantitative estimate of drug-likeness (QED) is 0.637. The zero-order chi connectivity index (χ0) is 20.9. The van der Waals surface area contributed by atoms with E-state index in [2.05, 4.69) is 56.3 Å². The topological polar surface area (TPSA) is 61.4 Å². The van der Waals surface area contributed by atoms with Crippen molar-refractivity contribution in [2.75, 3.05) is 44.2 Å². The number of halogens is 1. The molecule has 2 heterocycles. The molecule has 1 N–H and O–H groups in total. The number of carbonyl (C=O) groups is 1. The van der Waals surface area contributed by atoms with Crippen LogP contribution >= 0.6 is 0 Å². The van der Waals surface area contributed by atoms with E-state index in [4.69, 9.17) is 0 Å². The van der Waals surface area contributed by atoms with Crippen molar-refractivity contribution in [3.63, 3.8) is 0 Å². The molecule has 2 aromatic carbocycles. The molecule has 0 bridgehead atoms. The Morgan fingerprint density at radius 3 is 2.70 bits per heavy atom. The SMILES string of the molecule is Cc1cccc(N2CCN(CCCNC(=O)c3cc(F)cc4nccnc34)CC2)c1. The molecule has 0 spiro atoms. The second-order valence-electron chi connectivity index (χ2n) is 7.65. The number of carbonyl (C=O) groups excluding carboxylic acids is 1. The zero-order valence-corrected chi connectivity index (χ0v) is 17.1. The molecular weight excluding hydrogens is 381 g/mol. The van der Waals surface area contributed by atoms with Gasteiger partial charge in [0, 0.05) is 56.9 Å². The Kier molecular flexibility index (Phi) is 6.18. The summed E-state index contributed by atoms with van der Waals surface area (Å²) in [6, 6.07) is 11.1. The van der Waals surface area contributed by atoms with E-state index in [0.29, 0.717) is 17.6 Å². The highest BCUT2D eigenvalue weighted by Gasteiger charge is 2.17. The highest BCUT2D eigenvalue weighted by atomic mass is 19.1. The van der Waals surface area contributed by atoms with Gasteiger partial charge in [-0.2, -0.15) is 0 Å². The van der Waals surface area contributed by atoms with Gasteiger partial charge in [0.1, 0.15) is 11.3 Å². The molecule has 0 atom stereocenters. The monoisotopic (exact) mass is 407 g/mol. The number of anilines is 1. The number of piperazine rings is 1. The third kappa shape index (κ3) is 4.74. The summed E-state index contributed by atoms with van der Waals surface area (Å²) in [7, 11) is 0. The normalized spacial score (nSPS) is 14.8. The van der Waals surface area contributed by atoms with E-state index < -0.39 is 5.82 Å². The first-order valence-corrected chi connectivity index (χ1v) is 10.3. The fraction of sp³-hybridized carbons (Fsp3) is 0.348. The number of fused-ring (bicyclic) bond motifs is 1. The maximum Gasteiger partial charge on any atom is 0.253 e. The van der Waals surface area contributed by atoms with Crippen molar-refractivity contribution in [1.82, 2.24) is 20.2 Å². The lowest BCUT2D eigenvalue weighted by atomic mass is 10.1. The molecule has 0 radical (unpaired) electrons. The molecule has 30 heavy (non-hydrogen) atoms. The molecule has 3 aromatic rings. The summed E-state index contributed by atoms with van der Waals surface area (Å²) in [5.74, 6) is -0.802. The zero-order valence-electron chi connectivity index (χ0n) is 17.1. The van der Waals surface area contributed by atoms with Crippen molar-refractivity contribution in [1.29, 1.82) is 0 Å². The van der Waals surface area contributed by atoms with Crippen LogP contribution in [-0.2, 0) is 0 Å². The van der Waals surface area contributed by atoms with Crippen LogP contribution in [0.4, 0.5) is 10.1 Å². The summed E-state index contributed by atoms with van der Waals surface area (Å²) < 4.78 is 13.8. The summed E-state index contributed by atoms with van der Waals surface area (Å²) in [4.78, 5) is 25.6. The maximum atomic E-state index is 13.8. The van der Waals surface area contributed by atoms with Gasteiger partial charge in [-0.15, -0.1) is 0 Å². The van der Waals surface area contributed by atoms with Crippen LogP contribution in [0.15, 0.2) is 48.8 Å². The van der Waals surface area contributed by atoms with Gasteiger partial charge in [0.25, 0.3) is 5.91 Å². The third-order valence-electron chi connectivity index (χ3n) is 5.46. The van der Waals surface area contributed by atoms with E-state index in [0.717, 1.165) is 39.1 Å². The fourth-order valence-corrected chi connectivity index (χ4v) is 3.87. The number of aryl methyl sites for hydroxylation is 1. The third-order valence-corrected chi connectivity index (χ3v) is 5.46. The predicted octanol–water partition coefficient (Wildman–Crippen LogP) is 3.02. The maximum absolute atomic E-state index is 13.8. The Bertz CT molecular complexity index is 1030. The molecule has 1 aliphatic rings. The second-order valence-corrected chi connectivity index (χ2v) is 7.65. The van der Waals surface area contributed by atoms with Crippen molar-refractivity contribution < 1.29 is 9.18 Å². The van der Waals surface area contributed by atoms with Crippen molar-refractivity contribution in [2.24, 2.45) is 0 Å². The molecule has 1 aliphatic heterocycles. The Hall–Kier alpha value is -3.06. The van der Waals surface area contributed by atoms with Crippen molar-refractivity contribution in [3.8, 4) is 0 Å². The van der Waals surface area contributed by atoms with Crippen LogP contribution in [0, 0.1) is 12.7 Å². The van der Waals surface area contributed by atoms with E-state index in [1.165, 1.54) is 35.8 Å². The Morgan fingerprint density at radius 2 is 1.90 bits per heavy atom. The van der Waals surface area contributed by atoms with Crippen LogP contribution in [0.3, 0.4) is 0 Å². The smallest absolute Gasteiger partial charge is 0.253 e. The standard InChI is InChI=1S/C23H26FN5O/c1-17-4-2-5-19(14-17)29-12-10-28(11-13-29)9-3-6-27-23(30)20-15-18(24)16-21-22(20)26-8-7-25-21/h2,4-5,7-8,14-16H,3,6,9-13H2,1H3,(H,27,30). The number of nitrogens with one attached hydrogen (secondary N) is 1. The largest absolute Gasteiger partial charge is 0.369 e. The Labute approximate surface area is 175 Å². The van der Waals surface area contributed by atoms with E-state index in [9.17, 15) is 9.18 Å². The van der Waals surface area contributed by atoms with Gasteiger partial charge in [-0.25, -0.2) is 4.39 Å². The summed E-state index contributed by atoms with van der Waals surface area (Å²) in [5.41, 5.74) is 3.60. The van der Waals surface area contributed by atoms with Crippen LogP contribution in [0.25, 0.3) is 11.0 Å². The Morgan fingerprint density at radius 1 is 1.10 bits per heavy atom. The highest BCUT2D eigenvalue weighted by molar-refractivity contribution is 6.04. The minimum atomic E-state index is -0.486. The highest BCUT2D eigenvalue weighted by Crippen LogP contribution is 2.18.